The third-order valence-electron chi connectivity index (χ3n) is 2.57. The van der Waals surface area contributed by atoms with Crippen LogP contribution in [0.15, 0.2) is 42.5 Å². The zero-order chi connectivity index (χ0) is 13.1. The van der Waals surface area contributed by atoms with Gasteiger partial charge in [0.05, 0.1) is 5.56 Å². The Morgan fingerprint density at radius 1 is 1.06 bits per heavy atom. The SMILES string of the molecule is Cc1ccc(NC(=O)c2cccc(O)c2O)cc1. The molecule has 0 saturated carbocycles. The summed E-state index contributed by atoms with van der Waals surface area (Å²) in [6, 6.07) is 11.5. The quantitative estimate of drug-likeness (QED) is 0.710. The van der Waals surface area contributed by atoms with Crippen LogP contribution < -0.4 is 5.32 Å². The van der Waals surface area contributed by atoms with E-state index in [1.54, 1.807) is 12.1 Å². The highest BCUT2D eigenvalue weighted by Crippen LogP contribution is 2.28. The number of carbonyl (C=O) groups is 1. The summed E-state index contributed by atoms with van der Waals surface area (Å²) < 4.78 is 0. The molecule has 0 bridgehead atoms. The van der Waals surface area contributed by atoms with E-state index in [2.05, 4.69) is 5.32 Å². The Kier molecular flexibility index (Phi) is 3.19. The highest BCUT2D eigenvalue weighted by molar-refractivity contribution is 6.06. The van der Waals surface area contributed by atoms with Crippen LogP contribution in [0.2, 0.25) is 0 Å². The van der Waals surface area contributed by atoms with Crippen molar-refractivity contribution < 1.29 is 15.0 Å². The van der Waals surface area contributed by atoms with E-state index in [9.17, 15) is 15.0 Å². The van der Waals surface area contributed by atoms with E-state index in [0.29, 0.717) is 5.69 Å². The van der Waals surface area contributed by atoms with Gasteiger partial charge in [-0.15, -0.1) is 0 Å². The summed E-state index contributed by atoms with van der Waals surface area (Å²) in [5.74, 6) is -1.19. The Hall–Kier alpha value is -2.49. The molecule has 0 heterocycles. The maximum Gasteiger partial charge on any atom is 0.259 e. The van der Waals surface area contributed by atoms with Crippen LogP contribution >= 0.6 is 0 Å². The number of benzene rings is 2. The van der Waals surface area contributed by atoms with Crippen molar-refractivity contribution in [2.24, 2.45) is 0 Å². The van der Waals surface area contributed by atoms with Crippen LogP contribution in [0.5, 0.6) is 11.5 Å². The third-order valence-corrected chi connectivity index (χ3v) is 2.57. The van der Waals surface area contributed by atoms with Gasteiger partial charge < -0.3 is 15.5 Å². The molecule has 0 aliphatic carbocycles. The van der Waals surface area contributed by atoms with E-state index in [-0.39, 0.29) is 11.3 Å². The molecule has 1 amide bonds. The van der Waals surface area contributed by atoms with Crippen LogP contribution in [0.25, 0.3) is 0 Å². The second-order valence-corrected chi connectivity index (χ2v) is 3.99. The van der Waals surface area contributed by atoms with E-state index in [4.69, 9.17) is 0 Å². The summed E-state index contributed by atoms with van der Waals surface area (Å²) in [5, 5.41) is 21.5. The molecule has 0 aromatic heterocycles. The number of phenols is 2. The summed E-state index contributed by atoms with van der Waals surface area (Å²) in [6.07, 6.45) is 0. The summed E-state index contributed by atoms with van der Waals surface area (Å²) in [4.78, 5) is 11.9. The smallest absolute Gasteiger partial charge is 0.259 e. The fraction of sp³-hybridized carbons (Fsp3) is 0.0714. The molecule has 0 spiro atoms. The number of rotatable bonds is 2. The largest absolute Gasteiger partial charge is 0.504 e. The van der Waals surface area contributed by atoms with Gasteiger partial charge in [0.25, 0.3) is 5.91 Å². The van der Waals surface area contributed by atoms with Crippen molar-refractivity contribution in [1.29, 1.82) is 0 Å². The number of carbonyl (C=O) groups excluding carboxylic acids is 1. The minimum atomic E-state index is -0.466. The number of aryl methyl sites for hydroxylation is 1. The molecule has 4 nitrogen and oxygen atoms in total. The lowest BCUT2D eigenvalue weighted by atomic mass is 10.1. The van der Waals surface area contributed by atoms with Gasteiger partial charge in [0, 0.05) is 5.69 Å². The van der Waals surface area contributed by atoms with Gasteiger partial charge in [0.15, 0.2) is 11.5 Å². The molecule has 0 aliphatic rings. The standard InChI is InChI=1S/C14H13NO3/c1-9-5-7-10(8-6-9)15-14(18)11-3-2-4-12(16)13(11)17/h2-8,16-17H,1H3,(H,15,18). The monoisotopic (exact) mass is 243 g/mol. The minimum absolute atomic E-state index is 0.0376. The Morgan fingerprint density at radius 2 is 1.72 bits per heavy atom. The topological polar surface area (TPSA) is 69.6 Å². The fourth-order valence-corrected chi connectivity index (χ4v) is 1.55. The van der Waals surface area contributed by atoms with Gasteiger partial charge in [-0.05, 0) is 31.2 Å². The van der Waals surface area contributed by atoms with Crippen molar-refractivity contribution in [3.05, 3.63) is 53.6 Å². The zero-order valence-corrected chi connectivity index (χ0v) is 9.84. The average Bonchev–Trinajstić information content (AvgIpc) is 2.35. The minimum Gasteiger partial charge on any atom is -0.504 e. The van der Waals surface area contributed by atoms with Crippen LogP contribution in [0.4, 0.5) is 5.69 Å². The highest BCUT2D eigenvalue weighted by Gasteiger charge is 2.13. The molecule has 0 fully saturated rings. The molecule has 0 radical (unpaired) electrons. The van der Waals surface area contributed by atoms with Crippen molar-refractivity contribution in [3.63, 3.8) is 0 Å². The number of amides is 1. The van der Waals surface area contributed by atoms with Crippen molar-refractivity contribution in [3.8, 4) is 11.5 Å². The molecular formula is C14H13NO3. The first-order chi connectivity index (χ1) is 8.58. The molecule has 2 aromatic carbocycles. The van der Waals surface area contributed by atoms with Crippen molar-refractivity contribution >= 4 is 11.6 Å². The van der Waals surface area contributed by atoms with Crippen molar-refractivity contribution in [2.75, 3.05) is 5.32 Å². The third kappa shape index (κ3) is 2.43. The predicted octanol–water partition coefficient (Wildman–Crippen LogP) is 2.66. The molecule has 0 unspecified atom stereocenters. The van der Waals surface area contributed by atoms with Gasteiger partial charge in [0.1, 0.15) is 0 Å². The van der Waals surface area contributed by atoms with Gasteiger partial charge in [-0.3, -0.25) is 4.79 Å². The number of hydrogen-bond donors (Lipinski definition) is 3. The van der Waals surface area contributed by atoms with E-state index in [0.717, 1.165) is 5.56 Å². The van der Waals surface area contributed by atoms with Gasteiger partial charge in [-0.2, -0.15) is 0 Å². The van der Waals surface area contributed by atoms with Crippen LogP contribution in [0.3, 0.4) is 0 Å². The van der Waals surface area contributed by atoms with Crippen LogP contribution in [-0.2, 0) is 0 Å². The van der Waals surface area contributed by atoms with Crippen molar-refractivity contribution in [2.45, 2.75) is 6.92 Å². The van der Waals surface area contributed by atoms with Crippen LogP contribution in [-0.4, -0.2) is 16.1 Å². The van der Waals surface area contributed by atoms with Gasteiger partial charge >= 0.3 is 0 Å². The molecular weight excluding hydrogens is 230 g/mol. The Balaban J connectivity index is 2.22. The van der Waals surface area contributed by atoms with E-state index in [1.807, 2.05) is 19.1 Å². The van der Waals surface area contributed by atoms with Gasteiger partial charge in [0.2, 0.25) is 0 Å². The van der Waals surface area contributed by atoms with Gasteiger partial charge in [-0.1, -0.05) is 23.8 Å². The predicted molar refractivity (Wildman–Crippen MR) is 68.9 cm³/mol. The van der Waals surface area contributed by atoms with E-state index >= 15 is 0 Å². The number of aromatic hydroxyl groups is 2. The second kappa shape index (κ2) is 4.79. The highest BCUT2D eigenvalue weighted by atomic mass is 16.3. The summed E-state index contributed by atoms with van der Waals surface area (Å²) >= 11 is 0. The molecule has 0 atom stereocenters. The maximum absolute atomic E-state index is 11.9. The summed E-state index contributed by atoms with van der Waals surface area (Å²) in [6.45, 7) is 1.95. The zero-order valence-electron chi connectivity index (χ0n) is 9.84. The fourth-order valence-electron chi connectivity index (χ4n) is 1.55. The number of hydrogen-bond acceptors (Lipinski definition) is 3. The normalized spacial score (nSPS) is 10.1. The number of nitrogens with one attached hydrogen (secondary N) is 1. The molecule has 3 N–H and O–H groups in total. The number of phenolic OH excluding ortho intramolecular Hbond substituents is 2. The maximum atomic E-state index is 11.9. The Labute approximate surface area is 105 Å². The van der Waals surface area contributed by atoms with Crippen molar-refractivity contribution in [1.82, 2.24) is 0 Å². The molecule has 0 saturated heterocycles. The van der Waals surface area contributed by atoms with Gasteiger partial charge in [-0.25, -0.2) is 0 Å². The summed E-state index contributed by atoms with van der Waals surface area (Å²) in [7, 11) is 0. The van der Waals surface area contributed by atoms with E-state index in [1.165, 1.54) is 18.2 Å². The Morgan fingerprint density at radius 3 is 2.39 bits per heavy atom. The molecule has 0 aliphatic heterocycles. The number of anilines is 1. The first kappa shape index (κ1) is 12.0. The molecule has 92 valence electrons. The summed E-state index contributed by atoms with van der Waals surface area (Å²) in [5.41, 5.74) is 1.76. The van der Waals surface area contributed by atoms with Crippen LogP contribution in [0, 0.1) is 6.92 Å². The molecule has 2 aromatic rings. The van der Waals surface area contributed by atoms with Crippen LogP contribution in [0.1, 0.15) is 15.9 Å². The van der Waals surface area contributed by atoms with E-state index < -0.39 is 11.7 Å². The molecule has 4 heteroatoms. The first-order valence-electron chi connectivity index (χ1n) is 5.47. The lowest BCUT2D eigenvalue weighted by molar-refractivity contribution is 0.102. The average molecular weight is 243 g/mol. The lowest BCUT2D eigenvalue weighted by Gasteiger charge is -2.07. The lowest BCUT2D eigenvalue weighted by Crippen LogP contribution is -2.11. The first-order valence-corrected chi connectivity index (χ1v) is 5.47. The molecule has 2 rings (SSSR count). The second-order valence-electron chi connectivity index (χ2n) is 3.99. The molecule has 18 heavy (non-hydrogen) atoms. The Bertz CT molecular complexity index is 576. The number of para-hydroxylation sites is 1.